The molecule has 0 amide bonds. The van der Waals surface area contributed by atoms with Crippen molar-refractivity contribution in [3.05, 3.63) is 12.4 Å². The standard InChI is InChI=1S/C11H19N3O3S/c1-9(2)14-8-11(7-12-14)18(15,16)13-6-10-4-3-5-17-10/h7-10,13H,3-6H2,1-2H3/t10-/m0/s1. The Balaban J connectivity index is 2.00. The van der Waals surface area contributed by atoms with E-state index in [1.165, 1.54) is 6.20 Å². The third kappa shape index (κ3) is 3.09. The molecule has 1 N–H and O–H groups in total. The molecule has 1 aliphatic heterocycles. The van der Waals surface area contributed by atoms with Gasteiger partial charge in [-0.2, -0.15) is 5.10 Å². The molecular formula is C11H19N3O3S. The topological polar surface area (TPSA) is 73.2 Å². The summed E-state index contributed by atoms with van der Waals surface area (Å²) >= 11 is 0. The molecule has 2 rings (SSSR count). The van der Waals surface area contributed by atoms with Crippen molar-refractivity contribution in [2.75, 3.05) is 13.2 Å². The number of nitrogens with one attached hydrogen (secondary N) is 1. The maximum absolute atomic E-state index is 12.0. The molecule has 6 nitrogen and oxygen atoms in total. The fourth-order valence-corrected chi connectivity index (χ4v) is 2.84. The van der Waals surface area contributed by atoms with Crippen LogP contribution in [-0.2, 0) is 14.8 Å². The number of hydrogen-bond donors (Lipinski definition) is 1. The van der Waals surface area contributed by atoms with E-state index in [0.717, 1.165) is 19.4 Å². The lowest BCUT2D eigenvalue weighted by Crippen LogP contribution is -2.31. The molecule has 0 aromatic carbocycles. The van der Waals surface area contributed by atoms with Crippen LogP contribution in [-0.4, -0.2) is 37.5 Å². The minimum Gasteiger partial charge on any atom is -0.377 e. The van der Waals surface area contributed by atoms with Gasteiger partial charge in [0.25, 0.3) is 0 Å². The average Bonchev–Trinajstić information content (AvgIpc) is 2.98. The summed E-state index contributed by atoms with van der Waals surface area (Å²) in [6, 6.07) is 0.145. The Hall–Kier alpha value is -0.920. The van der Waals surface area contributed by atoms with Gasteiger partial charge in [-0.1, -0.05) is 0 Å². The van der Waals surface area contributed by atoms with Crippen molar-refractivity contribution in [3.63, 3.8) is 0 Å². The Labute approximate surface area is 107 Å². The van der Waals surface area contributed by atoms with Gasteiger partial charge in [0.15, 0.2) is 0 Å². The highest BCUT2D eigenvalue weighted by Crippen LogP contribution is 2.14. The summed E-state index contributed by atoms with van der Waals surface area (Å²) < 4.78 is 33.6. The van der Waals surface area contributed by atoms with E-state index in [0.29, 0.717) is 6.54 Å². The van der Waals surface area contributed by atoms with Gasteiger partial charge in [-0.15, -0.1) is 0 Å². The van der Waals surface area contributed by atoms with Crippen LogP contribution in [0.3, 0.4) is 0 Å². The van der Waals surface area contributed by atoms with Gasteiger partial charge in [0.2, 0.25) is 10.0 Å². The maximum atomic E-state index is 12.0. The lowest BCUT2D eigenvalue weighted by Gasteiger charge is -2.10. The lowest BCUT2D eigenvalue weighted by atomic mass is 10.2. The van der Waals surface area contributed by atoms with Gasteiger partial charge in [-0.05, 0) is 26.7 Å². The van der Waals surface area contributed by atoms with Crippen LogP contribution in [0.1, 0.15) is 32.7 Å². The van der Waals surface area contributed by atoms with E-state index in [4.69, 9.17) is 4.74 Å². The molecule has 2 heterocycles. The zero-order valence-corrected chi connectivity index (χ0v) is 11.5. The van der Waals surface area contributed by atoms with Gasteiger partial charge in [0, 0.05) is 25.4 Å². The molecule has 7 heteroatoms. The number of nitrogens with zero attached hydrogens (tertiary/aromatic N) is 2. The summed E-state index contributed by atoms with van der Waals surface area (Å²) in [5, 5.41) is 4.03. The molecule has 102 valence electrons. The molecule has 1 fully saturated rings. The largest absolute Gasteiger partial charge is 0.377 e. The van der Waals surface area contributed by atoms with Crippen LogP contribution in [0, 0.1) is 0 Å². The van der Waals surface area contributed by atoms with E-state index in [1.54, 1.807) is 10.9 Å². The van der Waals surface area contributed by atoms with Gasteiger partial charge in [-0.25, -0.2) is 13.1 Å². The first kappa shape index (κ1) is 13.5. The van der Waals surface area contributed by atoms with Crippen molar-refractivity contribution in [1.29, 1.82) is 0 Å². The molecule has 1 saturated heterocycles. The van der Waals surface area contributed by atoms with E-state index >= 15 is 0 Å². The number of hydrogen-bond acceptors (Lipinski definition) is 4. The van der Waals surface area contributed by atoms with Crippen molar-refractivity contribution in [2.45, 2.75) is 43.7 Å². The maximum Gasteiger partial charge on any atom is 0.243 e. The molecule has 0 saturated carbocycles. The molecule has 18 heavy (non-hydrogen) atoms. The van der Waals surface area contributed by atoms with Crippen molar-refractivity contribution in [3.8, 4) is 0 Å². The van der Waals surface area contributed by atoms with E-state index < -0.39 is 10.0 Å². The van der Waals surface area contributed by atoms with E-state index in [9.17, 15) is 8.42 Å². The Morgan fingerprint density at radius 3 is 2.94 bits per heavy atom. The van der Waals surface area contributed by atoms with Crippen molar-refractivity contribution < 1.29 is 13.2 Å². The van der Waals surface area contributed by atoms with Gasteiger partial charge >= 0.3 is 0 Å². The van der Waals surface area contributed by atoms with E-state index in [2.05, 4.69) is 9.82 Å². The minimum atomic E-state index is -3.47. The third-order valence-electron chi connectivity index (χ3n) is 2.94. The number of sulfonamides is 1. The quantitative estimate of drug-likeness (QED) is 0.866. The second-order valence-electron chi connectivity index (χ2n) is 4.74. The van der Waals surface area contributed by atoms with Gasteiger partial charge in [0.05, 0.1) is 12.3 Å². The summed E-state index contributed by atoms with van der Waals surface area (Å²) in [5.41, 5.74) is 0. The number of ether oxygens (including phenoxy) is 1. The molecular weight excluding hydrogens is 254 g/mol. The van der Waals surface area contributed by atoms with Crippen molar-refractivity contribution >= 4 is 10.0 Å². The number of rotatable bonds is 5. The molecule has 1 aromatic rings. The van der Waals surface area contributed by atoms with Crippen LogP contribution in [0.15, 0.2) is 17.3 Å². The second-order valence-corrected chi connectivity index (χ2v) is 6.50. The highest BCUT2D eigenvalue weighted by Gasteiger charge is 2.21. The Bertz CT molecular complexity index is 489. The van der Waals surface area contributed by atoms with Crippen LogP contribution in [0.4, 0.5) is 0 Å². The molecule has 1 aliphatic rings. The van der Waals surface area contributed by atoms with Crippen LogP contribution >= 0.6 is 0 Å². The summed E-state index contributed by atoms with van der Waals surface area (Å²) in [4.78, 5) is 0.203. The van der Waals surface area contributed by atoms with E-state index in [-0.39, 0.29) is 17.0 Å². The predicted octanol–water partition coefficient (Wildman–Crippen LogP) is 0.921. The SMILES string of the molecule is CC(C)n1cc(S(=O)(=O)NC[C@@H]2CCCO2)cn1. The fourth-order valence-electron chi connectivity index (χ4n) is 1.83. The molecule has 0 aliphatic carbocycles. The first-order valence-electron chi connectivity index (χ1n) is 6.14. The summed E-state index contributed by atoms with van der Waals surface area (Å²) in [6.45, 7) is 4.94. The molecule has 0 unspecified atom stereocenters. The summed E-state index contributed by atoms with van der Waals surface area (Å²) in [7, 11) is -3.47. The molecule has 0 spiro atoms. The highest BCUT2D eigenvalue weighted by molar-refractivity contribution is 7.89. The Kier molecular flexibility index (Phi) is 4.04. The zero-order chi connectivity index (χ0) is 13.2. The first-order valence-corrected chi connectivity index (χ1v) is 7.63. The van der Waals surface area contributed by atoms with Crippen LogP contribution < -0.4 is 4.72 Å². The predicted molar refractivity (Wildman–Crippen MR) is 66.8 cm³/mol. The van der Waals surface area contributed by atoms with Crippen molar-refractivity contribution in [2.24, 2.45) is 0 Å². The van der Waals surface area contributed by atoms with Crippen LogP contribution in [0.2, 0.25) is 0 Å². The normalized spacial score (nSPS) is 20.7. The summed E-state index contributed by atoms with van der Waals surface area (Å²) in [6.07, 6.45) is 4.83. The monoisotopic (exact) mass is 273 g/mol. The first-order chi connectivity index (χ1) is 8.49. The zero-order valence-electron chi connectivity index (χ0n) is 10.7. The highest BCUT2D eigenvalue weighted by atomic mass is 32.2. The number of aromatic nitrogens is 2. The van der Waals surface area contributed by atoms with E-state index in [1.807, 2.05) is 13.8 Å². The van der Waals surface area contributed by atoms with Crippen molar-refractivity contribution in [1.82, 2.24) is 14.5 Å². The van der Waals surface area contributed by atoms with Gasteiger partial charge in [-0.3, -0.25) is 4.68 Å². The minimum absolute atomic E-state index is 0.0000753. The Morgan fingerprint density at radius 1 is 1.61 bits per heavy atom. The molecule has 1 aromatic heterocycles. The van der Waals surface area contributed by atoms with Gasteiger partial charge in [0.1, 0.15) is 4.90 Å². The van der Waals surface area contributed by atoms with Crippen LogP contribution in [0.5, 0.6) is 0 Å². The summed E-state index contributed by atoms with van der Waals surface area (Å²) in [5.74, 6) is 0. The lowest BCUT2D eigenvalue weighted by molar-refractivity contribution is 0.114. The molecule has 0 bridgehead atoms. The second kappa shape index (κ2) is 5.38. The van der Waals surface area contributed by atoms with Crippen LogP contribution in [0.25, 0.3) is 0 Å². The third-order valence-corrected chi connectivity index (χ3v) is 4.32. The molecule has 0 radical (unpaired) electrons. The molecule has 1 atom stereocenters. The average molecular weight is 273 g/mol. The fraction of sp³-hybridized carbons (Fsp3) is 0.727. The smallest absolute Gasteiger partial charge is 0.243 e. The Morgan fingerprint density at radius 2 is 2.39 bits per heavy atom. The van der Waals surface area contributed by atoms with Gasteiger partial charge < -0.3 is 4.74 Å².